The van der Waals surface area contributed by atoms with Gasteiger partial charge in [0.15, 0.2) is 13.6 Å². The van der Waals surface area contributed by atoms with Gasteiger partial charge in [-0.05, 0) is 41.9 Å². The second-order valence-corrected chi connectivity index (χ2v) is 3.87. The molecule has 1 rings (SSSR count). The summed E-state index contributed by atoms with van der Waals surface area (Å²) in [5, 5.41) is 0. The van der Waals surface area contributed by atoms with E-state index < -0.39 is 0 Å². The predicted octanol–water partition coefficient (Wildman–Crippen LogP) is 3.19. The first-order valence-electron chi connectivity index (χ1n) is 5.49. The lowest BCUT2D eigenvalue weighted by molar-refractivity contribution is 0.0173. The Balaban J connectivity index is 2.56. The average Bonchev–Trinajstić information content (AvgIpc) is 2.34. The van der Waals surface area contributed by atoms with Crippen LogP contribution in [0.3, 0.4) is 0 Å². The maximum atomic E-state index is 5.43. The van der Waals surface area contributed by atoms with E-state index in [4.69, 9.17) is 18.9 Å². The minimum absolute atomic E-state index is 0.226. The summed E-state index contributed by atoms with van der Waals surface area (Å²) in [6.45, 7) is 5.53. The van der Waals surface area contributed by atoms with Crippen molar-refractivity contribution in [1.29, 1.82) is 0 Å². The third-order valence-electron chi connectivity index (χ3n) is 1.93. The summed E-state index contributed by atoms with van der Waals surface area (Å²) in [4.78, 5) is 0. The molecule has 0 amide bonds. The van der Waals surface area contributed by atoms with Crippen molar-refractivity contribution in [3.8, 4) is 11.5 Å². The molecule has 0 spiro atoms. The minimum atomic E-state index is 0.226. The van der Waals surface area contributed by atoms with Crippen LogP contribution in [0.1, 0.15) is 13.8 Å². The summed E-state index contributed by atoms with van der Waals surface area (Å²) < 4.78 is 21.9. The molecule has 0 aliphatic carbocycles. The first-order valence-corrected chi connectivity index (χ1v) is 6.28. The molecule has 0 aromatic heterocycles. The highest BCUT2D eigenvalue weighted by Crippen LogP contribution is 2.34. The Morgan fingerprint density at radius 1 is 0.941 bits per heavy atom. The van der Waals surface area contributed by atoms with Gasteiger partial charge in [0.25, 0.3) is 0 Å². The van der Waals surface area contributed by atoms with Crippen LogP contribution in [0.25, 0.3) is 0 Å². The van der Waals surface area contributed by atoms with Crippen molar-refractivity contribution in [3.63, 3.8) is 0 Å². The molecule has 0 heterocycles. The van der Waals surface area contributed by atoms with Gasteiger partial charge in [0, 0.05) is 13.2 Å². The molecule has 1 aromatic rings. The summed E-state index contributed by atoms with van der Waals surface area (Å²) in [6, 6.07) is 5.54. The van der Waals surface area contributed by atoms with Gasteiger partial charge in [-0.1, -0.05) is 6.07 Å². The van der Waals surface area contributed by atoms with Crippen LogP contribution in [-0.2, 0) is 9.47 Å². The Bertz CT molecular complexity index is 302. The molecule has 5 heteroatoms. The molecule has 0 atom stereocenters. The van der Waals surface area contributed by atoms with Gasteiger partial charge in [-0.15, -0.1) is 0 Å². The van der Waals surface area contributed by atoms with Crippen LogP contribution in [0.4, 0.5) is 0 Å². The standard InChI is InChI=1S/C12H17BrO4/c1-3-14-8-16-10-6-5-7-11(12(10)13)17-9-15-4-2/h5-7H,3-4,8-9H2,1-2H3. The lowest BCUT2D eigenvalue weighted by atomic mass is 10.3. The Kier molecular flexibility index (Phi) is 7.00. The SMILES string of the molecule is CCOCOc1cccc(OCOCC)c1Br. The van der Waals surface area contributed by atoms with Crippen LogP contribution < -0.4 is 9.47 Å². The van der Waals surface area contributed by atoms with Crippen LogP contribution in [0, 0.1) is 0 Å². The molecule has 0 aliphatic rings. The number of benzene rings is 1. The van der Waals surface area contributed by atoms with E-state index >= 15 is 0 Å². The van der Waals surface area contributed by atoms with Crippen molar-refractivity contribution >= 4 is 15.9 Å². The van der Waals surface area contributed by atoms with E-state index in [0.717, 1.165) is 4.47 Å². The molecular formula is C12H17BrO4. The van der Waals surface area contributed by atoms with E-state index in [-0.39, 0.29) is 13.6 Å². The number of halogens is 1. The Hall–Kier alpha value is -0.780. The molecule has 0 unspecified atom stereocenters. The van der Waals surface area contributed by atoms with Crippen LogP contribution >= 0.6 is 15.9 Å². The quantitative estimate of drug-likeness (QED) is 0.546. The summed E-state index contributed by atoms with van der Waals surface area (Å²) in [6.07, 6.45) is 0. The monoisotopic (exact) mass is 304 g/mol. The Morgan fingerprint density at radius 2 is 1.41 bits per heavy atom. The fourth-order valence-corrected chi connectivity index (χ4v) is 1.58. The zero-order chi connectivity index (χ0) is 12.5. The molecule has 0 saturated carbocycles. The second kappa shape index (κ2) is 8.33. The molecule has 4 nitrogen and oxygen atoms in total. The van der Waals surface area contributed by atoms with Gasteiger partial charge in [0.2, 0.25) is 0 Å². The van der Waals surface area contributed by atoms with Crippen molar-refractivity contribution < 1.29 is 18.9 Å². The van der Waals surface area contributed by atoms with E-state index in [1.165, 1.54) is 0 Å². The molecule has 0 fully saturated rings. The van der Waals surface area contributed by atoms with E-state index in [9.17, 15) is 0 Å². The molecule has 17 heavy (non-hydrogen) atoms. The van der Waals surface area contributed by atoms with Gasteiger partial charge in [-0.25, -0.2) is 0 Å². The maximum Gasteiger partial charge on any atom is 0.189 e. The molecule has 1 aromatic carbocycles. The van der Waals surface area contributed by atoms with Crippen LogP contribution in [-0.4, -0.2) is 26.8 Å². The van der Waals surface area contributed by atoms with Crippen molar-refractivity contribution in [1.82, 2.24) is 0 Å². The Morgan fingerprint density at radius 3 is 1.82 bits per heavy atom. The van der Waals surface area contributed by atoms with E-state index in [0.29, 0.717) is 24.7 Å². The summed E-state index contributed by atoms with van der Waals surface area (Å²) >= 11 is 3.42. The molecule has 0 radical (unpaired) electrons. The second-order valence-electron chi connectivity index (χ2n) is 3.08. The predicted molar refractivity (Wildman–Crippen MR) is 68.4 cm³/mol. The summed E-state index contributed by atoms with van der Waals surface area (Å²) in [5.74, 6) is 1.37. The normalized spacial score (nSPS) is 10.3. The fourth-order valence-electron chi connectivity index (χ4n) is 1.09. The minimum Gasteiger partial charge on any atom is -0.466 e. The first-order chi connectivity index (χ1) is 8.29. The number of rotatable bonds is 8. The smallest absolute Gasteiger partial charge is 0.189 e. The Labute approximate surface area is 110 Å². The van der Waals surface area contributed by atoms with Crippen molar-refractivity contribution in [2.75, 3.05) is 26.8 Å². The molecule has 0 aliphatic heterocycles. The molecule has 0 N–H and O–H groups in total. The number of hydrogen-bond acceptors (Lipinski definition) is 4. The van der Waals surface area contributed by atoms with Crippen LogP contribution in [0.5, 0.6) is 11.5 Å². The first kappa shape index (κ1) is 14.3. The summed E-state index contributed by atoms with van der Waals surface area (Å²) in [5.41, 5.74) is 0. The van der Waals surface area contributed by atoms with Gasteiger partial charge in [0.05, 0.1) is 0 Å². The third kappa shape index (κ3) is 4.93. The lowest BCUT2D eigenvalue weighted by Crippen LogP contribution is -2.05. The zero-order valence-corrected chi connectivity index (χ0v) is 11.7. The van der Waals surface area contributed by atoms with Crippen LogP contribution in [0.2, 0.25) is 0 Å². The van der Waals surface area contributed by atoms with E-state index in [1.54, 1.807) is 0 Å². The maximum absolute atomic E-state index is 5.43. The topological polar surface area (TPSA) is 36.9 Å². The van der Waals surface area contributed by atoms with Crippen LogP contribution in [0.15, 0.2) is 22.7 Å². The highest BCUT2D eigenvalue weighted by molar-refractivity contribution is 9.10. The molecule has 0 bridgehead atoms. The third-order valence-corrected chi connectivity index (χ3v) is 2.71. The lowest BCUT2D eigenvalue weighted by Gasteiger charge is -2.12. The van der Waals surface area contributed by atoms with Crippen molar-refractivity contribution in [2.24, 2.45) is 0 Å². The van der Waals surface area contributed by atoms with E-state index in [2.05, 4.69) is 15.9 Å². The summed E-state index contributed by atoms with van der Waals surface area (Å²) in [7, 11) is 0. The zero-order valence-electron chi connectivity index (χ0n) is 10.1. The highest BCUT2D eigenvalue weighted by Gasteiger charge is 2.07. The largest absolute Gasteiger partial charge is 0.466 e. The van der Waals surface area contributed by atoms with Gasteiger partial charge < -0.3 is 18.9 Å². The molecular weight excluding hydrogens is 288 g/mol. The van der Waals surface area contributed by atoms with Gasteiger partial charge in [-0.2, -0.15) is 0 Å². The number of ether oxygens (including phenoxy) is 4. The highest BCUT2D eigenvalue weighted by atomic mass is 79.9. The van der Waals surface area contributed by atoms with Crippen molar-refractivity contribution in [2.45, 2.75) is 13.8 Å². The van der Waals surface area contributed by atoms with E-state index in [1.807, 2.05) is 32.0 Å². The molecule has 0 saturated heterocycles. The average molecular weight is 305 g/mol. The van der Waals surface area contributed by atoms with Gasteiger partial charge in [0.1, 0.15) is 16.0 Å². The fraction of sp³-hybridized carbons (Fsp3) is 0.500. The molecule has 96 valence electrons. The van der Waals surface area contributed by atoms with Gasteiger partial charge >= 0.3 is 0 Å². The number of hydrogen-bond donors (Lipinski definition) is 0. The van der Waals surface area contributed by atoms with Crippen molar-refractivity contribution in [3.05, 3.63) is 22.7 Å². The van der Waals surface area contributed by atoms with Gasteiger partial charge in [-0.3, -0.25) is 0 Å².